The highest BCUT2D eigenvalue weighted by Gasteiger charge is 2.54. The van der Waals surface area contributed by atoms with E-state index in [0.717, 1.165) is 32.1 Å². The molecule has 0 heterocycles. The van der Waals surface area contributed by atoms with Crippen LogP contribution in [0.1, 0.15) is 79.6 Å². The molecule has 0 aromatic heterocycles. The van der Waals surface area contributed by atoms with E-state index >= 15 is 0 Å². The van der Waals surface area contributed by atoms with Crippen LogP contribution in [0.3, 0.4) is 0 Å². The Hall–Kier alpha value is -0.670. The average Bonchev–Trinajstić information content (AvgIpc) is 2.55. The van der Waals surface area contributed by atoms with E-state index in [1.54, 1.807) is 0 Å². The smallest absolute Gasteiger partial charge is 0.136 e. The second kappa shape index (κ2) is 7.15. The monoisotopic (exact) mass is 350 g/mol. The van der Waals surface area contributed by atoms with E-state index in [-0.39, 0.29) is 22.7 Å². The highest BCUT2D eigenvalue weighted by molar-refractivity contribution is 5.82. The van der Waals surface area contributed by atoms with Crippen molar-refractivity contribution >= 4 is 5.78 Å². The van der Waals surface area contributed by atoms with Crippen molar-refractivity contribution in [1.82, 2.24) is 0 Å². The van der Waals surface area contributed by atoms with Crippen molar-refractivity contribution in [2.24, 2.45) is 28.1 Å². The maximum Gasteiger partial charge on any atom is 0.136 e. The summed E-state index contributed by atoms with van der Waals surface area (Å²) in [5.41, 5.74) is -0.844. The minimum atomic E-state index is -0.550. The fourth-order valence-electron chi connectivity index (χ4n) is 5.58. The minimum Gasteiger partial charge on any atom is -0.393 e. The third-order valence-electron chi connectivity index (χ3n) is 7.54. The minimum absolute atomic E-state index is 0.0785. The summed E-state index contributed by atoms with van der Waals surface area (Å²) in [6.45, 7) is 14.5. The van der Waals surface area contributed by atoms with E-state index in [9.17, 15) is 15.0 Å². The Morgan fingerprint density at radius 1 is 1.24 bits per heavy atom. The van der Waals surface area contributed by atoms with Gasteiger partial charge in [0.05, 0.1) is 12.2 Å². The normalized spacial score (nSPS) is 45.0. The molecule has 2 N–H and O–H groups in total. The van der Waals surface area contributed by atoms with Crippen molar-refractivity contribution in [3.05, 3.63) is 12.7 Å². The molecule has 6 atom stereocenters. The number of carbonyl (C=O) groups excluding carboxylic acids is 1. The van der Waals surface area contributed by atoms with Gasteiger partial charge >= 0.3 is 0 Å². The highest BCUT2D eigenvalue weighted by atomic mass is 16.3. The van der Waals surface area contributed by atoms with Crippen molar-refractivity contribution in [2.75, 3.05) is 0 Å². The van der Waals surface area contributed by atoms with Gasteiger partial charge in [-0.2, -0.15) is 0 Å². The summed E-state index contributed by atoms with van der Waals surface area (Å²) in [5, 5.41) is 22.1. The molecule has 0 amide bonds. The van der Waals surface area contributed by atoms with Gasteiger partial charge in [0.2, 0.25) is 0 Å². The molecule has 2 saturated carbocycles. The standard InChI is InChI=1S/C22H38O3/c1-7-9-16-12-22(11-10-17(16)23)14-20(4,5)18(24)13-21(6,8-2)19(25)15(22)3/h8,15-16,18-19,24-25H,2,7,9-14H2,1,3-6H3/t15-,16?,18+,19-,21+,22?/m0/s1. The summed E-state index contributed by atoms with van der Waals surface area (Å²) in [6, 6.07) is 0. The summed E-state index contributed by atoms with van der Waals surface area (Å²) in [4.78, 5) is 12.4. The number of aliphatic hydroxyl groups is 2. The number of carbonyl (C=O) groups is 1. The van der Waals surface area contributed by atoms with Crippen LogP contribution in [0.25, 0.3) is 0 Å². The lowest BCUT2D eigenvalue weighted by molar-refractivity contribution is -0.146. The van der Waals surface area contributed by atoms with Crippen molar-refractivity contribution < 1.29 is 15.0 Å². The molecule has 3 nitrogen and oxygen atoms in total. The molecule has 0 aromatic carbocycles. The van der Waals surface area contributed by atoms with Crippen LogP contribution in [-0.4, -0.2) is 28.2 Å². The zero-order valence-corrected chi connectivity index (χ0v) is 16.8. The summed E-state index contributed by atoms with van der Waals surface area (Å²) >= 11 is 0. The molecule has 0 saturated heterocycles. The van der Waals surface area contributed by atoms with Crippen LogP contribution >= 0.6 is 0 Å². The second-order valence-electron chi connectivity index (χ2n) is 9.85. The number of aliphatic hydroxyl groups excluding tert-OH is 2. The molecule has 2 rings (SSSR count). The first-order valence-electron chi connectivity index (χ1n) is 10.0. The average molecular weight is 351 g/mol. The molecule has 0 aliphatic heterocycles. The summed E-state index contributed by atoms with van der Waals surface area (Å²) in [5.74, 6) is 0.576. The third kappa shape index (κ3) is 3.73. The van der Waals surface area contributed by atoms with Crippen LogP contribution in [0.4, 0.5) is 0 Å². The highest BCUT2D eigenvalue weighted by Crippen LogP contribution is 2.57. The molecular formula is C22H38O3. The van der Waals surface area contributed by atoms with E-state index < -0.39 is 17.6 Å². The predicted octanol–water partition coefficient (Wildman–Crippen LogP) is 4.51. The van der Waals surface area contributed by atoms with Gasteiger partial charge in [0, 0.05) is 17.8 Å². The number of rotatable bonds is 3. The van der Waals surface area contributed by atoms with E-state index in [0.29, 0.717) is 18.6 Å². The van der Waals surface area contributed by atoms with Crippen LogP contribution in [-0.2, 0) is 4.79 Å². The molecule has 2 aliphatic rings. The maximum atomic E-state index is 12.4. The lowest BCUT2D eigenvalue weighted by atomic mass is 9.50. The molecule has 1 spiro atoms. The third-order valence-corrected chi connectivity index (χ3v) is 7.54. The molecule has 0 aromatic rings. The largest absolute Gasteiger partial charge is 0.393 e. The predicted molar refractivity (Wildman–Crippen MR) is 102 cm³/mol. The van der Waals surface area contributed by atoms with Crippen LogP contribution < -0.4 is 0 Å². The van der Waals surface area contributed by atoms with Gasteiger partial charge in [-0.15, -0.1) is 6.58 Å². The first-order valence-corrected chi connectivity index (χ1v) is 10.0. The molecular weight excluding hydrogens is 312 g/mol. The van der Waals surface area contributed by atoms with Gasteiger partial charge in [-0.25, -0.2) is 0 Å². The molecule has 2 aliphatic carbocycles. The Kier molecular flexibility index (Phi) is 5.90. The Morgan fingerprint density at radius 2 is 1.88 bits per heavy atom. The van der Waals surface area contributed by atoms with Crippen LogP contribution in [0.15, 0.2) is 12.7 Å². The Bertz CT molecular complexity index is 511. The van der Waals surface area contributed by atoms with Crippen LogP contribution in [0.2, 0.25) is 0 Å². The summed E-state index contributed by atoms with van der Waals surface area (Å²) in [6.07, 6.45) is 6.41. The molecule has 144 valence electrons. The number of Topliss-reactive ketones (excluding diaryl/α,β-unsaturated/α-hetero) is 1. The lowest BCUT2D eigenvalue weighted by Gasteiger charge is -2.55. The van der Waals surface area contributed by atoms with Crippen LogP contribution in [0.5, 0.6) is 0 Å². The Morgan fingerprint density at radius 3 is 2.44 bits per heavy atom. The number of hydrogen-bond acceptors (Lipinski definition) is 3. The van der Waals surface area contributed by atoms with Gasteiger partial charge in [-0.3, -0.25) is 4.79 Å². The maximum absolute atomic E-state index is 12.4. The van der Waals surface area contributed by atoms with Crippen molar-refractivity contribution in [2.45, 2.75) is 91.8 Å². The lowest BCUT2D eigenvalue weighted by Crippen LogP contribution is -2.54. The molecule has 0 bridgehead atoms. The van der Waals surface area contributed by atoms with Gasteiger partial charge < -0.3 is 10.2 Å². The van der Waals surface area contributed by atoms with Crippen LogP contribution in [0, 0.1) is 28.1 Å². The Balaban J connectivity index is 2.46. The SMILES string of the molecule is C=C[C@]1(C)C[C@@H](O)C(C)(C)CC2(CCC(=O)C(CCC)C2)[C@@H](C)[C@@H]1O. The number of hydrogen-bond donors (Lipinski definition) is 2. The van der Waals surface area contributed by atoms with E-state index in [2.05, 4.69) is 34.3 Å². The van der Waals surface area contributed by atoms with Crippen molar-refractivity contribution in [3.63, 3.8) is 0 Å². The summed E-state index contributed by atoms with van der Waals surface area (Å²) < 4.78 is 0. The zero-order valence-electron chi connectivity index (χ0n) is 16.8. The quantitative estimate of drug-likeness (QED) is 0.736. The van der Waals surface area contributed by atoms with Gasteiger partial charge in [0.15, 0.2) is 0 Å². The van der Waals surface area contributed by atoms with Gasteiger partial charge in [0.25, 0.3) is 0 Å². The Labute approximate surface area is 153 Å². The number of ketones is 1. The molecule has 25 heavy (non-hydrogen) atoms. The topological polar surface area (TPSA) is 57.5 Å². The molecule has 2 fully saturated rings. The van der Waals surface area contributed by atoms with Gasteiger partial charge in [0.1, 0.15) is 5.78 Å². The zero-order chi connectivity index (χ0) is 19.0. The van der Waals surface area contributed by atoms with E-state index in [1.165, 1.54) is 0 Å². The van der Waals surface area contributed by atoms with Gasteiger partial charge in [-0.1, -0.05) is 47.1 Å². The fraction of sp³-hybridized carbons (Fsp3) is 0.864. The van der Waals surface area contributed by atoms with Crippen molar-refractivity contribution in [3.8, 4) is 0 Å². The van der Waals surface area contributed by atoms with E-state index in [1.807, 2.05) is 13.0 Å². The first-order chi connectivity index (χ1) is 11.5. The van der Waals surface area contributed by atoms with Gasteiger partial charge in [-0.05, 0) is 48.9 Å². The molecule has 0 radical (unpaired) electrons. The molecule has 3 heteroatoms. The summed E-state index contributed by atoms with van der Waals surface area (Å²) in [7, 11) is 0. The van der Waals surface area contributed by atoms with Crippen molar-refractivity contribution in [1.29, 1.82) is 0 Å². The molecule has 2 unspecified atom stereocenters. The first kappa shape index (κ1) is 20.6. The fourth-order valence-corrected chi connectivity index (χ4v) is 5.58. The van der Waals surface area contributed by atoms with E-state index in [4.69, 9.17) is 0 Å². The second-order valence-corrected chi connectivity index (χ2v) is 9.85.